The fourth-order valence-corrected chi connectivity index (χ4v) is 1.82. The van der Waals surface area contributed by atoms with Gasteiger partial charge in [0.2, 0.25) is 0 Å². The molecule has 0 aliphatic heterocycles. The summed E-state index contributed by atoms with van der Waals surface area (Å²) in [7, 11) is 1.67. The predicted molar refractivity (Wildman–Crippen MR) is 82.2 cm³/mol. The molecule has 1 N–H and O–H groups in total. The van der Waals surface area contributed by atoms with Gasteiger partial charge in [-0.2, -0.15) is 0 Å². The van der Waals surface area contributed by atoms with Crippen LogP contribution in [0.4, 0.5) is 0 Å². The second kappa shape index (κ2) is 8.05. The quantitative estimate of drug-likeness (QED) is 0.898. The van der Waals surface area contributed by atoms with Gasteiger partial charge in [-0.15, -0.1) is 12.4 Å². The minimum atomic E-state index is 0. The lowest BCUT2D eigenvalue weighted by Crippen LogP contribution is -2.12. The molecule has 102 valence electrons. The number of rotatable bonds is 5. The van der Waals surface area contributed by atoms with Crippen LogP contribution in [-0.2, 0) is 13.1 Å². The van der Waals surface area contributed by atoms with E-state index in [1.54, 1.807) is 7.11 Å². The molecule has 0 fully saturated rings. The molecule has 2 aromatic carbocycles. The van der Waals surface area contributed by atoms with Gasteiger partial charge in [-0.05, 0) is 35.4 Å². The molecule has 4 heteroatoms. The standard InChI is InChI=1S/C15H16ClNO.ClH/c1-18-15-8-4-13(5-9-15)11-17-10-12-2-6-14(16)7-3-12;/h2-9,17H,10-11H2,1H3;1H. The molecule has 0 bridgehead atoms. The summed E-state index contributed by atoms with van der Waals surface area (Å²) in [6.45, 7) is 1.68. The van der Waals surface area contributed by atoms with Gasteiger partial charge in [0.05, 0.1) is 7.11 Å². The van der Waals surface area contributed by atoms with Crippen molar-refractivity contribution in [3.63, 3.8) is 0 Å². The van der Waals surface area contributed by atoms with E-state index in [0.717, 1.165) is 23.9 Å². The molecule has 0 unspecified atom stereocenters. The summed E-state index contributed by atoms with van der Waals surface area (Å²) in [5.41, 5.74) is 2.47. The maximum absolute atomic E-state index is 5.84. The number of ether oxygens (including phenoxy) is 1. The Hall–Kier alpha value is -1.22. The Bertz CT molecular complexity index is 483. The SMILES string of the molecule is COc1ccc(CNCc2ccc(Cl)cc2)cc1.Cl. The number of hydrogen-bond acceptors (Lipinski definition) is 2. The van der Waals surface area contributed by atoms with E-state index >= 15 is 0 Å². The van der Waals surface area contributed by atoms with Crippen molar-refractivity contribution >= 4 is 24.0 Å². The summed E-state index contributed by atoms with van der Waals surface area (Å²) in [5.74, 6) is 0.886. The number of benzene rings is 2. The van der Waals surface area contributed by atoms with Crippen LogP contribution < -0.4 is 10.1 Å². The van der Waals surface area contributed by atoms with Crippen LogP contribution in [-0.4, -0.2) is 7.11 Å². The fourth-order valence-electron chi connectivity index (χ4n) is 1.70. The van der Waals surface area contributed by atoms with Gasteiger partial charge in [-0.3, -0.25) is 0 Å². The normalized spacial score (nSPS) is 9.79. The Morgan fingerprint density at radius 3 is 1.84 bits per heavy atom. The van der Waals surface area contributed by atoms with Gasteiger partial charge in [0.15, 0.2) is 0 Å². The van der Waals surface area contributed by atoms with Crippen LogP contribution in [0.15, 0.2) is 48.5 Å². The van der Waals surface area contributed by atoms with Gasteiger partial charge in [-0.25, -0.2) is 0 Å². The molecule has 0 amide bonds. The third-order valence-corrected chi connectivity index (χ3v) is 2.98. The van der Waals surface area contributed by atoms with Crippen LogP contribution in [0.1, 0.15) is 11.1 Å². The Morgan fingerprint density at radius 1 is 0.895 bits per heavy atom. The van der Waals surface area contributed by atoms with Gasteiger partial charge < -0.3 is 10.1 Å². The van der Waals surface area contributed by atoms with Crippen molar-refractivity contribution in [2.45, 2.75) is 13.1 Å². The van der Waals surface area contributed by atoms with Crippen molar-refractivity contribution in [2.24, 2.45) is 0 Å². The molecular formula is C15H17Cl2NO. The van der Waals surface area contributed by atoms with Crippen LogP contribution >= 0.6 is 24.0 Å². The number of nitrogens with one attached hydrogen (secondary N) is 1. The van der Waals surface area contributed by atoms with E-state index in [9.17, 15) is 0 Å². The van der Waals surface area contributed by atoms with Gasteiger partial charge >= 0.3 is 0 Å². The van der Waals surface area contributed by atoms with Gasteiger partial charge in [-0.1, -0.05) is 35.9 Å². The first kappa shape index (κ1) is 15.8. The molecule has 2 nitrogen and oxygen atoms in total. The van der Waals surface area contributed by atoms with E-state index < -0.39 is 0 Å². The number of methoxy groups -OCH3 is 1. The van der Waals surface area contributed by atoms with E-state index in [4.69, 9.17) is 16.3 Å². The Balaban J connectivity index is 0.00000180. The average molecular weight is 298 g/mol. The molecular weight excluding hydrogens is 281 g/mol. The maximum Gasteiger partial charge on any atom is 0.118 e. The van der Waals surface area contributed by atoms with Crippen molar-refractivity contribution < 1.29 is 4.74 Å². The van der Waals surface area contributed by atoms with Crippen LogP contribution in [0, 0.1) is 0 Å². The monoisotopic (exact) mass is 297 g/mol. The van der Waals surface area contributed by atoms with E-state index in [0.29, 0.717) is 0 Å². The molecule has 0 aliphatic carbocycles. The van der Waals surface area contributed by atoms with Crippen molar-refractivity contribution in [1.29, 1.82) is 0 Å². The summed E-state index contributed by atoms with van der Waals surface area (Å²) in [5, 5.41) is 4.16. The number of halogens is 2. The molecule has 0 radical (unpaired) electrons. The van der Waals surface area contributed by atoms with E-state index in [1.165, 1.54) is 11.1 Å². The molecule has 0 spiro atoms. The topological polar surface area (TPSA) is 21.3 Å². The highest BCUT2D eigenvalue weighted by Gasteiger charge is 1.96. The predicted octanol–water partition coefficient (Wildman–Crippen LogP) is 4.06. The minimum absolute atomic E-state index is 0. The Labute approximate surface area is 125 Å². The average Bonchev–Trinajstić information content (AvgIpc) is 2.42. The molecule has 0 saturated heterocycles. The molecule has 0 atom stereocenters. The Kier molecular flexibility index (Phi) is 6.71. The lowest BCUT2D eigenvalue weighted by Gasteiger charge is -2.06. The van der Waals surface area contributed by atoms with Crippen LogP contribution in [0.2, 0.25) is 5.02 Å². The van der Waals surface area contributed by atoms with Gasteiger partial charge in [0.1, 0.15) is 5.75 Å². The smallest absolute Gasteiger partial charge is 0.118 e. The number of hydrogen-bond donors (Lipinski definition) is 1. The van der Waals surface area contributed by atoms with Crippen LogP contribution in [0.25, 0.3) is 0 Å². The van der Waals surface area contributed by atoms with Crippen molar-refractivity contribution in [3.05, 3.63) is 64.7 Å². The zero-order chi connectivity index (χ0) is 12.8. The molecule has 0 heterocycles. The first-order chi connectivity index (χ1) is 8.78. The van der Waals surface area contributed by atoms with Gasteiger partial charge in [0.25, 0.3) is 0 Å². The Morgan fingerprint density at radius 2 is 1.37 bits per heavy atom. The fraction of sp³-hybridized carbons (Fsp3) is 0.200. The summed E-state index contributed by atoms with van der Waals surface area (Å²) in [6.07, 6.45) is 0. The largest absolute Gasteiger partial charge is 0.497 e. The van der Waals surface area contributed by atoms with Crippen LogP contribution in [0.5, 0.6) is 5.75 Å². The molecule has 2 rings (SSSR count). The third kappa shape index (κ3) is 5.11. The first-order valence-electron chi connectivity index (χ1n) is 5.86. The van der Waals surface area contributed by atoms with E-state index in [-0.39, 0.29) is 12.4 Å². The first-order valence-corrected chi connectivity index (χ1v) is 6.24. The molecule has 2 aromatic rings. The second-order valence-electron chi connectivity index (χ2n) is 4.08. The van der Waals surface area contributed by atoms with Crippen molar-refractivity contribution in [3.8, 4) is 5.75 Å². The van der Waals surface area contributed by atoms with Crippen molar-refractivity contribution in [1.82, 2.24) is 5.32 Å². The molecule has 0 aromatic heterocycles. The molecule has 19 heavy (non-hydrogen) atoms. The third-order valence-electron chi connectivity index (χ3n) is 2.73. The molecule has 0 saturated carbocycles. The lowest BCUT2D eigenvalue weighted by molar-refractivity contribution is 0.414. The lowest BCUT2D eigenvalue weighted by atomic mass is 10.2. The van der Waals surface area contributed by atoms with Crippen LogP contribution in [0.3, 0.4) is 0 Å². The van der Waals surface area contributed by atoms with Gasteiger partial charge in [0, 0.05) is 18.1 Å². The zero-order valence-corrected chi connectivity index (χ0v) is 12.3. The summed E-state index contributed by atoms with van der Waals surface area (Å²) in [6, 6.07) is 15.9. The highest BCUT2D eigenvalue weighted by atomic mass is 35.5. The van der Waals surface area contributed by atoms with E-state index in [1.807, 2.05) is 36.4 Å². The summed E-state index contributed by atoms with van der Waals surface area (Å²) < 4.78 is 5.12. The maximum atomic E-state index is 5.84. The summed E-state index contributed by atoms with van der Waals surface area (Å²) >= 11 is 5.84. The highest BCUT2D eigenvalue weighted by molar-refractivity contribution is 6.30. The van der Waals surface area contributed by atoms with Crippen molar-refractivity contribution in [2.75, 3.05) is 7.11 Å². The molecule has 0 aliphatic rings. The highest BCUT2D eigenvalue weighted by Crippen LogP contribution is 2.12. The van der Waals surface area contributed by atoms with E-state index in [2.05, 4.69) is 17.4 Å². The minimum Gasteiger partial charge on any atom is -0.497 e. The zero-order valence-electron chi connectivity index (χ0n) is 10.7. The second-order valence-corrected chi connectivity index (χ2v) is 4.51. The summed E-state index contributed by atoms with van der Waals surface area (Å²) in [4.78, 5) is 0.